The molecule has 1 aromatic heterocycles. The minimum atomic E-state index is -0.527. The highest BCUT2D eigenvalue weighted by atomic mass is 16.1. The fourth-order valence-electron chi connectivity index (χ4n) is 1.87. The number of aromatic nitrogens is 1. The van der Waals surface area contributed by atoms with Gasteiger partial charge in [-0.2, -0.15) is 0 Å². The van der Waals surface area contributed by atoms with Crippen LogP contribution in [0.4, 0.5) is 11.5 Å². The van der Waals surface area contributed by atoms with E-state index >= 15 is 0 Å². The summed E-state index contributed by atoms with van der Waals surface area (Å²) in [6, 6.07) is 3.23. The zero-order valence-corrected chi connectivity index (χ0v) is 9.89. The van der Waals surface area contributed by atoms with Crippen molar-refractivity contribution >= 4 is 17.4 Å². The van der Waals surface area contributed by atoms with Gasteiger partial charge in [-0.3, -0.25) is 4.79 Å². The van der Waals surface area contributed by atoms with Crippen molar-refractivity contribution in [3.8, 4) is 0 Å². The molecule has 2 heterocycles. The zero-order chi connectivity index (χ0) is 12.4. The smallest absolute Gasteiger partial charge is 0.267 e. The summed E-state index contributed by atoms with van der Waals surface area (Å²) >= 11 is 0. The van der Waals surface area contributed by atoms with Gasteiger partial charge < -0.3 is 21.3 Å². The van der Waals surface area contributed by atoms with Crippen LogP contribution in [0, 0.1) is 0 Å². The average molecular weight is 235 g/mol. The van der Waals surface area contributed by atoms with Gasteiger partial charge in [0.15, 0.2) is 5.82 Å². The molecule has 1 fully saturated rings. The zero-order valence-electron chi connectivity index (χ0n) is 9.89. The van der Waals surface area contributed by atoms with E-state index in [-0.39, 0.29) is 5.69 Å². The first-order valence-corrected chi connectivity index (χ1v) is 5.58. The van der Waals surface area contributed by atoms with Crippen molar-refractivity contribution in [3.63, 3.8) is 0 Å². The molecule has 0 aliphatic carbocycles. The van der Waals surface area contributed by atoms with Gasteiger partial charge >= 0.3 is 0 Å². The number of likely N-dealkylation sites (N-methyl/N-ethyl adjacent to an activating group) is 1. The molecule has 0 atom stereocenters. The summed E-state index contributed by atoms with van der Waals surface area (Å²) in [5, 5.41) is 0. The van der Waals surface area contributed by atoms with Crippen LogP contribution in [0.5, 0.6) is 0 Å². The number of primary amides is 1. The van der Waals surface area contributed by atoms with E-state index in [0.717, 1.165) is 26.2 Å². The minimum absolute atomic E-state index is 0.258. The van der Waals surface area contributed by atoms with Crippen LogP contribution in [0.15, 0.2) is 12.1 Å². The molecule has 1 saturated heterocycles. The molecular formula is C11H17N5O. The number of hydrogen-bond donors (Lipinski definition) is 2. The van der Waals surface area contributed by atoms with Crippen LogP contribution in [-0.2, 0) is 0 Å². The number of nitrogen functional groups attached to an aromatic ring is 1. The van der Waals surface area contributed by atoms with E-state index in [1.165, 1.54) is 0 Å². The standard InChI is InChI=1S/C11H17N5O/c1-15-4-6-16(7-5-15)11-8(12)2-3-9(14-11)10(13)17/h2-3H,4-7,12H2,1H3,(H2,13,17). The monoisotopic (exact) mass is 235 g/mol. The predicted molar refractivity (Wildman–Crippen MR) is 66.9 cm³/mol. The molecule has 1 aliphatic heterocycles. The first kappa shape index (κ1) is 11.7. The fourth-order valence-corrected chi connectivity index (χ4v) is 1.87. The van der Waals surface area contributed by atoms with Crippen LogP contribution in [0.1, 0.15) is 10.5 Å². The summed E-state index contributed by atoms with van der Waals surface area (Å²) in [7, 11) is 2.08. The molecule has 92 valence electrons. The highest BCUT2D eigenvalue weighted by Gasteiger charge is 2.18. The van der Waals surface area contributed by atoms with Crippen LogP contribution < -0.4 is 16.4 Å². The number of carbonyl (C=O) groups excluding carboxylic acids is 1. The molecule has 4 N–H and O–H groups in total. The predicted octanol–water partition coefficient (Wildman–Crippen LogP) is -0.485. The Labute approximate surface area is 100 Å². The van der Waals surface area contributed by atoms with Crippen molar-refractivity contribution in [1.82, 2.24) is 9.88 Å². The Kier molecular flexibility index (Phi) is 3.14. The van der Waals surface area contributed by atoms with Crippen LogP contribution in [0.25, 0.3) is 0 Å². The Morgan fingerprint density at radius 3 is 2.53 bits per heavy atom. The van der Waals surface area contributed by atoms with Crippen molar-refractivity contribution in [3.05, 3.63) is 17.8 Å². The van der Waals surface area contributed by atoms with Gasteiger partial charge in [-0.05, 0) is 19.2 Å². The topological polar surface area (TPSA) is 88.5 Å². The molecule has 6 nitrogen and oxygen atoms in total. The molecular weight excluding hydrogens is 218 g/mol. The van der Waals surface area contributed by atoms with Crippen molar-refractivity contribution in [1.29, 1.82) is 0 Å². The van der Waals surface area contributed by atoms with Gasteiger partial charge in [0.2, 0.25) is 0 Å². The first-order chi connectivity index (χ1) is 8.08. The fraction of sp³-hybridized carbons (Fsp3) is 0.455. The van der Waals surface area contributed by atoms with Gasteiger partial charge in [-0.1, -0.05) is 0 Å². The Morgan fingerprint density at radius 2 is 1.94 bits per heavy atom. The molecule has 0 aromatic carbocycles. The second-order valence-electron chi connectivity index (χ2n) is 4.26. The summed E-state index contributed by atoms with van der Waals surface area (Å²) in [5.74, 6) is 0.134. The first-order valence-electron chi connectivity index (χ1n) is 5.58. The molecule has 1 aliphatic rings. The van der Waals surface area contributed by atoms with Crippen LogP contribution in [-0.4, -0.2) is 49.0 Å². The number of carbonyl (C=O) groups is 1. The van der Waals surface area contributed by atoms with E-state index in [1.807, 2.05) is 0 Å². The number of anilines is 2. The second kappa shape index (κ2) is 4.58. The van der Waals surface area contributed by atoms with E-state index in [9.17, 15) is 4.79 Å². The summed E-state index contributed by atoms with van der Waals surface area (Å²) in [6.45, 7) is 3.63. The van der Waals surface area contributed by atoms with Gasteiger partial charge in [0.1, 0.15) is 5.69 Å². The minimum Gasteiger partial charge on any atom is -0.396 e. The molecule has 0 unspecified atom stereocenters. The molecule has 0 radical (unpaired) electrons. The van der Waals surface area contributed by atoms with E-state index < -0.39 is 5.91 Å². The normalized spacial score (nSPS) is 17.1. The highest BCUT2D eigenvalue weighted by molar-refractivity contribution is 5.91. The van der Waals surface area contributed by atoms with Gasteiger partial charge in [-0.15, -0.1) is 0 Å². The second-order valence-corrected chi connectivity index (χ2v) is 4.26. The summed E-state index contributed by atoms with van der Waals surface area (Å²) < 4.78 is 0. The Morgan fingerprint density at radius 1 is 1.29 bits per heavy atom. The van der Waals surface area contributed by atoms with Crippen LogP contribution in [0.2, 0.25) is 0 Å². The third-order valence-corrected chi connectivity index (χ3v) is 2.96. The Hall–Kier alpha value is -1.82. The number of rotatable bonds is 2. The average Bonchev–Trinajstić information content (AvgIpc) is 2.31. The van der Waals surface area contributed by atoms with Gasteiger partial charge in [0.05, 0.1) is 5.69 Å². The molecule has 17 heavy (non-hydrogen) atoms. The third-order valence-electron chi connectivity index (χ3n) is 2.96. The molecule has 0 bridgehead atoms. The SMILES string of the molecule is CN1CCN(c2nc(C(N)=O)ccc2N)CC1. The Bertz CT molecular complexity index is 426. The third kappa shape index (κ3) is 2.47. The summed E-state index contributed by atoms with van der Waals surface area (Å²) in [5.41, 5.74) is 11.9. The highest BCUT2D eigenvalue weighted by Crippen LogP contribution is 2.21. The van der Waals surface area contributed by atoms with E-state index in [2.05, 4.69) is 21.8 Å². The number of nitrogens with two attached hydrogens (primary N) is 2. The number of piperazine rings is 1. The van der Waals surface area contributed by atoms with Crippen molar-refractivity contribution < 1.29 is 4.79 Å². The lowest BCUT2D eigenvalue weighted by molar-refractivity contribution is 0.0995. The lowest BCUT2D eigenvalue weighted by Gasteiger charge is -2.33. The number of amides is 1. The van der Waals surface area contributed by atoms with Crippen LogP contribution >= 0.6 is 0 Å². The molecule has 6 heteroatoms. The quantitative estimate of drug-likeness (QED) is 0.722. The van der Waals surface area contributed by atoms with Crippen LogP contribution in [0.3, 0.4) is 0 Å². The largest absolute Gasteiger partial charge is 0.396 e. The number of hydrogen-bond acceptors (Lipinski definition) is 5. The maximum Gasteiger partial charge on any atom is 0.267 e. The van der Waals surface area contributed by atoms with Crippen molar-refractivity contribution in [2.75, 3.05) is 43.9 Å². The van der Waals surface area contributed by atoms with E-state index in [4.69, 9.17) is 11.5 Å². The van der Waals surface area contributed by atoms with E-state index in [1.54, 1.807) is 12.1 Å². The lowest BCUT2D eigenvalue weighted by Crippen LogP contribution is -2.45. The van der Waals surface area contributed by atoms with Gasteiger partial charge in [0.25, 0.3) is 5.91 Å². The van der Waals surface area contributed by atoms with Gasteiger partial charge in [0, 0.05) is 26.2 Å². The van der Waals surface area contributed by atoms with Gasteiger partial charge in [-0.25, -0.2) is 4.98 Å². The maximum atomic E-state index is 11.1. The Balaban J connectivity index is 2.25. The van der Waals surface area contributed by atoms with Crippen molar-refractivity contribution in [2.45, 2.75) is 0 Å². The summed E-state index contributed by atoms with van der Waals surface area (Å²) in [6.07, 6.45) is 0. The number of pyridine rings is 1. The van der Waals surface area contributed by atoms with Crippen molar-refractivity contribution in [2.24, 2.45) is 5.73 Å². The molecule has 0 saturated carbocycles. The molecule has 1 amide bonds. The molecule has 0 spiro atoms. The molecule has 1 aromatic rings. The summed E-state index contributed by atoms with van der Waals surface area (Å²) in [4.78, 5) is 19.6. The lowest BCUT2D eigenvalue weighted by atomic mass is 10.2. The molecule has 2 rings (SSSR count). The maximum absolute atomic E-state index is 11.1. The number of nitrogens with zero attached hydrogens (tertiary/aromatic N) is 3. The van der Waals surface area contributed by atoms with E-state index in [0.29, 0.717) is 11.5 Å².